The Hall–Kier alpha value is -0.0600. The average Bonchev–Trinajstić information content (AvgIpc) is 1.88. The van der Waals surface area contributed by atoms with Crippen LogP contribution in [0.2, 0.25) is 0 Å². The van der Waals surface area contributed by atoms with Gasteiger partial charge in [-0.3, -0.25) is 4.79 Å². The van der Waals surface area contributed by atoms with E-state index in [1.165, 1.54) is 0 Å². The van der Waals surface area contributed by atoms with Gasteiger partial charge in [0.15, 0.2) is 0 Å². The van der Waals surface area contributed by atoms with Crippen molar-refractivity contribution in [3.63, 3.8) is 0 Å². The smallest absolute Gasteiger partial charge is 0.246 e. The maximum atomic E-state index is 10.8. The fourth-order valence-corrected chi connectivity index (χ4v) is 0.801. The Kier molecular flexibility index (Phi) is 5.67. The lowest BCUT2D eigenvalue weighted by Crippen LogP contribution is -2.24. The van der Waals surface area contributed by atoms with Crippen LogP contribution in [0, 0.1) is 0 Å². The SMILES string of the molecule is C=C(C)C(=O)NCCCI. The molecule has 0 aromatic rings. The molecule has 0 aliphatic carbocycles. The largest absolute Gasteiger partial charge is 0.352 e. The Morgan fingerprint density at radius 2 is 2.30 bits per heavy atom. The summed E-state index contributed by atoms with van der Waals surface area (Å²) in [4.78, 5) is 10.8. The number of carbonyl (C=O) groups is 1. The van der Waals surface area contributed by atoms with E-state index in [0.717, 1.165) is 17.4 Å². The van der Waals surface area contributed by atoms with E-state index in [2.05, 4.69) is 34.5 Å². The molecule has 1 N–H and O–H groups in total. The van der Waals surface area contributed by atoms with Crippen LogP contribution in [-0.4, -0.2) is 16.9 Å². The third kappa shape index (κ3) is 4.78. The van der Waals surface area contributed by atoms with Gasteiger partial charge in [-0.2, -0.15) is 0 Å². The highest BCUT2D eigenvalue weighted by molar-refractivity contribution is 14.1. The summed E-state index contributed by atoms with van der Waals surface area (Å²) >= 11 is 2.28. The van der Waals surface area contributed by atoms with Crippen molar-refractivity contribution >= 4 is 28.5 Å². The van der Waals surface area contributed by atoms with E-state index >= 15 is 0 Å². The minimum Gasteiger partial charge on any atom is -0.352 e. The number of alkyl halides is 1. The molecule has 0 aliphatic rings. The van der Waals surface area contributed by atoms with Crippen LogP contribution in [0.4, 0.5) is 0 Å². The molecule has 0 saturated heterocycles. The zero-order chi connectivity index (χ0) is 7.98. The summed E-state index contributed by atoms with van der Waals surface area (Å²) in [5, 5.41) is 2.74. The minimum absolute atomic E-state index is 0.0372. The van der Waals surface area contributed by atoms with Crippen molar-refractivity contribution in [1.29, 1.82) is 0 Å². The first-order valence-corrected chi connectivity index (χ1v) is 4.70. The molecule has 58 valence electrons. The van der Waals surface area contributed by atoms with Gasteiger partial charge in [-0.25, -0.2) is 0 Å². The highest BCUT2D eigenvalue weighted by Gasteiger charge is 1.97. The van der Waals surface area contributed by atoms with Crippen LogP contribution < -0.4 is 5.32 Å². The molecule has 0 atom stereocenters. The average molecular weight is 253 g/mol. The summed E-state index contributed by atoms with van der Waals surface area (Å²) in [6.45, 7) is 5.99. The molecule has 2 nitrogen and oxygen atoms in total. The molecule has 0 heterocycles. The molecule has 0 aromatic carbocycles. The van der Waals surface area contributed by atoms with E-state index in [1.807, 2.05) is 0 Å². The molecule has 0 unspecified atom stereocenters. The van der Waals surface area contributed by atoms with E-state index in [9.17, 15) is 4.79 Å². The molecule has 0 spiro atoms. The van der Waals surface area contributed by atoms with Crippen molar-refractivity contribution in [3.8, 4) is 0 Å². The quantitative estimate of drug-likeness (QED) is 0.350. The van der Waals surface area contributed by atoms with Crippen molar-refractivity contribution in [2.75, 3.05) is 11.0 Å². The van der Waals surface area contributed by atoms with Crippen LogP contribution in [0.1, 0.15) is 13.3 Å². The predicted octanol–water partition coefficient (Wildman–Crippen LogP) is 1.50. The standard InChI is InChI=1S/C7H12INO/c1-6(2)7(10)9-5-3-4-8/h1,3-5H2,2H3,(H,9,10). The number of halogens is 1. The first-order valence-electron chi connectivity index (χ1n) is 3.18. The first-order chi connectivity index (χ1) is 4.68. The van der Waals surface area contributed by atoms with Crippen molar-refractivity contribution in [2.45, 2.75) is 13.3 Å². The molecule has 0 aliphatic heterocycles. The van der Waals surface area contributed by atoms with Gasteiger partial charge in [0.25, 0.3) is 0 Å². The summed E-state index contributed by atoms with van der Waals surface area (Å²) in [7, 11) is 0. The fraction of sp³-hybridized carbons (Fsp3) is 0.571. The van der Waals surface area contributed by atoms with Crippen LogP contribution in [-0.2, 0) is 4.79 Å². The third-order valence-corrected chi connectivity index (χ3v) is 1.75. The Labute approximate surface area is 75.2 Å². The first kappa shape index (κ1) is 9.94. The zero-order valence-electron chi connectivity index (χ0n) is 6.11. The van der Waals surface area contributed by atoms with E-state index in [1.54, 1.807) is 6.92 Å². The second-order valence-corrected chi connectivity index (χ2v) is 3.16. The molecule has 10 heavy (non-hydrogen) atoms. The number of hydrogen-bond acceptors (Lipinski definition) is 1. The second kappa shape index (κ2) is 5.70. The monoisotopic (exact) mass is 253 g/mol. The fourth-order valence-electron chi connectivity index (χ4n) is 0.420. The highest BCUT2D eigenvalue weighted by atomic mass is 127. The van der Waals surface area contributed by atoms with Crippen molar-refractivity contribution in [2.24, 2.45) is 0 Å². The predicted molar refractivity (Wildman–Crippen MR) is 51.3 cm³/mol. The Bertz CT molecular complexity index is 134. The van der Waals surface area contributed by atoms with Gasteiger partial charge in [0.2, 0.25) is 5.91 Å². The van der Waals surface area contributed by atoms with Crippen LogP contribution in [0.15, 0.2) is 12.2 Å². The number of rotatable bonds is 4. The maximum absolute atomic E-state index is 10.8. The van der Waals surface area contributed by atoms with Crippen molar-refractivity contribution in [3.05, 3.63) is 12.2 Å². The van der Waals surface area contributed by atoms with Crippen LogP contribution in [0.5, 0.6) is 0 Å². The topological polar surface area (TPSA) is 29.1 Å². The molecular formula is C7H12INO. The van der Waals surface area contributed by atoms with Crippen molar-refractivity contribution < 1.29 is 4.79 Å². The summed E-state index contributed by atoms with van der Waals surface area (Å²) in [6, 6.07) is 0. The summed E-state index contributed by atoms with van der Waals surface area (Å²) in [6.07, 6.45) is 1.03. The molecule has 0 radical (unpaired) electrons. The Morgan fingerprint density at radius 3 is 2.70 bits per heavy atom. The van der Waals surface area contributed by atoms with Crippen molar-refractivity contribution in [1.82, 2.24) is 5.32 Å². The normalized spacial score (nSPS) is 9.00. The number of amides is 1. The molecule has 1 amide bonds. The Balaban J connectivity index is 3.31. The van der Waals surface area contributed by atoms with Gasteiger partial charge in [0, 0.05) is 16.5 Å². The number of carbonyl (C=O) groups excluding carboxylic acids is 1. The molecule has 3 heteroatoms. The van der Waals surface area contributed by atoms with Crippen LogP contribution in [0.3, 0.4) is 0 Å². The summed E-state index contributed by atoms with van der Waals surface area (Å²) < 4.78 is 1.08. The van der Waals surface area contributed by atoms with E-state index in [4.69, 9.17) is 0 Å². The maximum Gasteiger partial charge on any atom is 0.246 e. The van der Waals surface area contributed by atoms with E-state index < -0.39 is 0 Å². The molecule has 0 rings (SSSR count). The Morgan fingerprint density at radius 1 is 1.70 bits per heavy atom. The molecular weight excluding hydrogens is 241 g/mol. The van der Waals surface area contributed by atoms with Gasteiger partial charge < -0.3 is 5.32 Å². The van der Waals surface area contributed by atoms with E-state index in [0.29, 0.717) is 5.57 Å². The minimum atomic E-state index is -0.0372. The van der Waals surface area contributed by atoms with Gasteiger partial charge >= 0.3 is 0 Å². The van der Waals surface area contributed by atoms with Crippen LogP contribution in [0.25, 0.3) is 0 Å². The zero-order valence-corrected chi connectivity index (χ0v) is 8.27. The number of hydrogen-bond donors (Lipinski definition) is 1. The highest BCUT2D eigenvalue weighted by Crippen LogP contribution is 1.88. The van der Waals surface area contributed by atoms with Gasteiger partial charge in [-0.15, -0.1) is 0 Å². The lowest BCUT2D eigenvalue weighted by atomic mass is 10.3. The van der Waals surface area contributed by atoms with Crippen LogP contribution >= 0.6 is 22.6 Å². The van der Waals surface area contributed by atoms with E-state index in [-0.39, 0.29) is 5.91 Å². The lowest BCUT2D eigenvalue weighted by Gasteiger charge is -2.01. The molecule has 0 bridgehead atoms. The van der Waals surface area contributed by atoms with Gasteiger partial charge in [0.1, 0.15) is 0 Å². The third-order valence-electron chi connectivity index (χ3n) is 0.984. The second-order valence-electron chi connectivity index (χ2n) is 2.08. The lowest BCUT2D eigenvalue weighted by molar-refractivity contribution is -0.117. The molecule has 0 fully saturated rings. The van der Waals surface area contributed by atoms with Gasteiger partial charge in [-0.1, -0.05) is 29.2 Å². The molecule has 0 saturated carbocycles. The summed E-state index contributed by atoms with van der Waals surface area (Å²) in [5.41, 5.74) is 0.577. The summed E-state index contributed by atoms with van der Waals surface area (Å²) in [5.74, 6) is -0.0372. The number of nitrogens with one attached hydrogen (secondary N) is 1. The van der Waals surface area contributed by atoms with Gasteiger partial charge in [-0.05, 0) is 13.3 Å². The van der Waals surface area contributed by atoms with Gasteiger partial charge in [0.05, 0.1) is 0 Å². The molecule has 0 aromatic heterocycles.